The minimum Gasteiger partial charge on any atom is -0.306 e. The first-order valence-corrected chi connectivity index (χ1v) is 4.82. The molecule has 3 rings (SSSR count). The van der Waals surface area contributed by atoms with Gasteiger partial charge in [-0.25, -0.2) is 9.37 Å². The Kier molecular flexibility index (Phi) is 1.77. The van der Waals surface area contributed by atoms with Crippen LogP contribution in [0.15, 0.2) is 41.3 Å². The van der Waals surface area contributed by atoms with Crippen LogP contribution in [0.2, 0.25) is 0 Å². The number of fused-ring (bicyclic) bond motifs is 3. The summed E-state index contributed by atoms with van der Waals surface area (Å²) in [6.07, 6.45) is 1.60. The smallest absolute Gasteiger partial charge is 0.257 e. The number of nitrogens with zero attached hydrogens (tertiary/aromatic N) is 1. The number of hydrogen-bond acceptors (Lipinski definition) is 2. The van der Waals surface area contributed by atoms with Crippen molar-refractivity contribution in [1.82, 2.24) is 9.97 Å². The van der Waals surface area contributed by atoms with Crippen molar-refractivity contribution in [3.63, 3.8) is 0 Å². The zero-order valence-corrected chi connectivity index (χ0v) is 8.20. The van der Waals surface area contributed by atoms with Gasteiger partial charge in [0.05, 0.1) is 5.39 Å². The average Bonchev–Trinajstić information content (AvgIpc) is 2.29. The van der Waals surface area contributed by atoms with E-state index in [4.69, 9.17) is 0 Å². The molecule has 3 aromatic rings. The van der Waals surface area contributed by atoms with Crippen molar-refractivity contribution in [2.75, 3.05) is 0 Å². The number of aromatic nitrogens is 2. The van der Waals surface area contributed by atoms with Crippen LogP contribution in [0.5, 0.6) is 0 Å². The Morgan fingerprint density at radius 1 is 1.12 bits per heavy atom. The molecule has 0 aliphatic rings. The molecule has 0 radical (unpaired) electrons. The van der Waals surface area contributed by atoms with E-state index in [0.717, 1.165) is 5.39 Å². The zero-order chi connectivity index (χ0) is 11.1. The van der Waals surface area contributed by atoms with E-state index in [0.29, 0.717) is 16.4 Å². The van der Waals surface area contributed by atoms with Crippen molar-refractivity contribution < 1.29 is 4.39 Å². The number of rotatable bonds is 0. The zero-order valence-electron chi connectivity index (χ0n) is 8.20. The summed E-state index contributed by atoms with van der Waals surface area (Å²) in [6, 6.07) is 7.81. The number of aromatic amines is 1. The van der Waals surface area contributed by atoms with Crippen LogP contribution in [-0.2, 0) is 0 Å². The monoisotopic (exact) mass is 214 g/mol. The Hall–Kier alpha value is -2.23. The lowest BCUT2D eigenvalue weighted by molar-refractivity contribution is 0.629. The van der Waals surface area contributed by atoms with E-state index < -0.39 is 5.82 Å². The first-order valence-electron chi connectivity index (χ1n) is 4.82. The third-order valence-electron chi connectivity index (χ3n) is 2.56. The lowest BCUT2D eigenvalue weighted by Gasteiger charge is -2.02. The van der Waals surface area contributed by atoms with E-state index in [-0.39, 0.29) is 5.56 Å². The van der Waals surface area contributed by atoms with Crippen molar-refractivity contribution in [3.05, 3.63) is 52.7 Å². The Morgan fingerprint density at radius 2 is 2.00 bits per heavy atom. The molecular weight excluding hydrogens is 207 g/mol. The fourth-order valence-electron chi connectivity index (χ4n) is 1.84. The second kappa shape index (κ2) is 3.13. The average molecular weight is 214 g/mol. The molecule has 0 aliphatic carbocycles. The van der Waals surface area contributed by atoms with Crippen LogP contribution in [0.25, 0.3) is 21.8 Å². The second-order valence-electron chi connectivity index (χ2n) is 3.54. The van der Waals surface area contributed by atoms with Crippen LogP contribution in [0.3, 0.4) is 0 Å². The Balaban J connectivity index is 2.65. The van der Waals surface area contributed by atoms with E-state index in [1.807, 2.05) is 6.07 Å². The molecule has 0 bridgehead atoms. The van der Waals surface area contributed by atoms with E-state index >= 15 is 0 Å². The molecule has 0 saturated heterocycles. The van der Waals surface area contributed by atoms with Gasteiger partial charge in [0.2, 0.25) is 0 Å². The third-order valence-corrected chi connectivity index (χ3v) is 2.56. The Labute approximate surface area is 89.6 Å². The molecule has 0 unspecified atom stereocenters. The SMILES string of the molecule is O=c1[nH]c2ncccc2c2ccc(F)cc12. The lowest BCUT2D eigenvalue weighted by atomic mass is 10.1. The maximum atomic E-state index is 13.0. The standard InChI is InChI=1S/C12H7FN2O/c13-7-3-4-8-9-2-1-5-14-11(9)15-12(16)10(8)6-7/h1-6H,(H,14,15,16). The first kappa shape index (κ1) is 9.03. The maximum Gasteiger partial charge on any atom is 0.257 e. The van der Waals surface area contributed by atoms with Crippen LogP contribution in [0.1, 0.15) is 0 Å². The highest BCUT2D eigenvalue weighted by Crippen LogP contribution is 2.19. The van der Waals surface area contributed by atoms with Gasteiger partial charge in [0.1, 0.15) is 11.5 Å². The quantitative estimate of drug-likeness (QED) is 0.583. The summed E-state index contributed by atoms with van der Waals surface area (Å²) in [5.74, 6) is -0.416. The van der Waals surface area contributed by atoms with Crippen molar-refractivity contribution in [2.45, 2.75) is 0 Å². The van der Waals surface area contributed by atoms with Crippen LogP contribution < -0.4 is 5.56 Å². The molecule has 4 heteroatoms. The second-order valence-corrected chi connectivity index (χ2v) is 3.54. The number of nitrogens with one attached hydrogen (secondary N) is 1. The molecule has 2 aromatic heterocycles. The summed E-state index contributed by atoms with van der Waals surface area (Å²) in [5.41, 5.74) is 0.201. The van der Waals surface area contributed by atoms with Gasteiger partial charge in [0, 0.05) is 11.6 Å². The summed E-state index contributed by atoms with van der Waals surface area (Å²) in [7, 11) is 0. The van der Waals surface area contributed by atoms with Gasteiger partial charge in [-0.3, -0.25) is 4.79 Å². The lowest BCUT2D eigenvalue weighted by Crippen LogP contribution is -2.07. The summed E-state index contributed by atoms with van der Waals surface area (Å²) in [5, 5.41) is 1.88. The molecule has 0 aliphatic heterocycles. The summed E-state index contributed by atoms with van der Waals surface area (Å²) >= 11 is 0. The highest BCUT2D eigenvalue weighted by atomic mass is 19.1. The molecule has 0 saturated carbocycles. The third kappa shape index (κ3) is 1.20. The van der Waals surface area contributed by atoms with E-state index in [9.17, 15) is 9.18 Å². The van der Waals surface area contributed by atoms with Gasteiger partial charge in [-0.15, -0.1) is 0 Å². The van der Waals surface area contributed by atoms with Gasteiger partial charge >= 0.3 is 0 Å². The Bertz CT molecular complexity index is 749. The number of H-pyrrole nitrogens is 1. The van der Waals surface area contributed by atoms with Crippen LogP contribution in [0, 0.1) is 5.82 Å². The molecule has 3 nitrogen and oxygen atoms in total. The van der Waals surface area contributed by atoms with Gasteiger partial charge < -0.3 is 4.98 Å². The molecule has 0 spiro atoms. The molecule has 1 N–H and O–H groups in total. The summed E-state index contributed by atoms with van der Waals surface area (Å²) in [4.78, 5) is 18.4. The summed E-state index contributed by atoms with van der Waals surface area (Å²) < 4.78 is 13.0. The van der Waals surface area contributed by atoms with Gasteiger partial charge in [0.15, 0.2) is 0 Å². The number of halogens is 1. The maximum absolute atomic E-state index is 13.0. The van der Waals surface area contributed by atoms with E-state index in [1.54, 1.807) is 18.3 Å². The number of benzene rings is 1. The molecule has 0 atom stereocenters. The molecule has 1 aromatic carbocycles. The fraction of sp³-hybridized carbons (Fsp3) is 0. The van der Waals surface area contributed by atoms with Crippen molar-refractivity contribution in [2.24, 2.45) is 0 Å². The largest absolute Gasteiger partial charge is 0.306 e. The van der Waals surface area contributed by atoms with E-state index in [1.165, 1.54) is 12.1 Å². The van der Waals surface area contributed by atoms with Crippen LogP contribution in [-0.4, -0.2) is 9.97 Å². The normalized spacial score (nSPS) is 11.1. The van der Waals surface area contributed by atoms with Crippen molar-refractivity contribution in [1.29, 1.82) is 0 Å². The molecular formula is C12H7FN2O. The van der Waals surface area contributed by atoms with Crippen LogP contribution in [0.4, 0.5) is 4.39 Å². The number of hydrogen-bond donors (Lipinski definition) is 1. The van der Waals surface area contributed by atoms with Crippen LogP contribution >= 0.6 is 0 Å². The predicted molar refractivity (Wildman–Crippen MR) is 59.8 cm³/mol. The molecule has 2 heterocycles. The van der Waals surface area contributed by atoms with E-state index in [2.05, 4.69) is 9.97 Å². The highest BCUT2D eigenvalue weighted by Gasteiger charge is 2.05. The minimum absolute atomic E-state index is 0.319. The number of pyridine rings is 2. The van der Waals surface area contributed by atoms with Gasteiger partial charge in [-0.05, 0) is 29.7 Å². The van der Waals surface area contributed by atoms with Gasteiger partial charge in [0.25, 0.3) is 5.56 Å². The minimum atomic E-state index is -0.416. The Morgan fingerprint density at radius 3 is 2.88 bits per heavy atom. The van der Waals surface area contributed by atoms with Gasteiger partial charge in [-0.2, -0.15) is 0 Å². The predicted octanol–water partition coefficient (Wildman–Crippen LogP) is 2.22. The highest BCUT2D eigenvalue weighted by molar-refractivity contribution is 6.03. The summed E-state index contributed by atoms with van der Waals surface area (Å²) in [6.45, 7) is 0. The first-order chi connectivity index (χ1) is 7.75. The molecule has 0 amide bonds. The topological polar surface area (TPSA) is 45.8 Å². The molecule has 16 heavy (non-hydrogen) atoms. The molecule has 0 fully saturated rings. The van der Waals surface area contributed by atoms with Crippen molar-refractivity contribution >= 4 is 21.8 Å². The fourth-order valence-corrected chi connectivity index (χ4v) is 1.84. The van der Waals surface area contributed by atoms with Gasteiger partial charge in [-0.1, -0.05) is 6.07 Å². The van der Waals surface area contributed by atoms with Crippen molar-refractivity contribution in [3.8, 4) is 0 Å². The molecule has 78 valence electrons.